The van der Waals surface area contributed by atoms with Crippen LogP contribution in [0.5, 0.6) is 5.75 Å². The Bertz CT molecular complexity index is 671. The Morgan fingerprint density at radius 1 is 1.08 bits per heavy atom. The number of likely N-dealkylation sites (tertiary alicyclic amines) is 2. The molecule has 3 heterocycles. The van der Waals surface area contributed by atoms with Gasteiger partial charge in [0.2, 0.25) is 0 Å². The summed E-state index contributed by atoms with van der Waals surface area (Å²) in [7, 11) is 0. The molecular weight excluding hydrogens is 304 g/mol. The van der Waals surface area contributed by atoms with Crippen molar-refractivity contribution < 1.29 is 14.3 Å². The number of fused-ring (bicyclic) bond motifs is 1. The number of aryl methyl sites for hydroxylation is 1. The highest BCUT2D eigenvalue weighted by molar-refractivity contribution is 6.00. The number of amides is 2. The van der Waals surface area contributed by atoms with Crippen molar-refractivity contribution in [3.05, 3.63) is 29.3 Å². The van der Waals surface area contributed by atoms with Crippen molar-refractivity contribution in [2.45, 2.75) is 44.6 Å². The van der Waals surface area contributed by atoms with Crippen LogP contribution in [0.4, 0.5) is 4.79 Å². The molecular formula is C19H24N2O3. The Hall–Kier alpha value is -2.04. The lowest BCUT2D eigenvalue weighted by Crippen LogP contribution is -2.54. The summed E-state index contributed by atoms with van der Waals surface area (Å²) in [5.41, 5.74) is 1.35. The van der Waals surface area contributed by atoms with E-state index < -0.39 is 5.60 Å². The molecule has 0 atom stereocenters. The van der Waals surface area contributed by atoms with Crippen molar-refractivity contribution in [3.63, 3.8) is 0 Å². The first kappa shape index (κ1) is 15.5. The van der Waals surface area contributed by atoms with E-state index in [-0.39, 0.29) is 11.8 Å². The fraction of sp³-hybridized carbons (Fsp3) is 0.579. The molecule has 0 bridgehead atoms. The molecule has 0 radical (unpaired) electrons. The van der Waals surface area contributed by atoms with Gasteiger partial charge in [-0.2, -0.15) is 0 Å². The van der Waals surface area contributed by atoms with E-state index in [0.29, 0.717) is 30.8 Å². The highest BCUT2D eigenvalue weighted by Gasteiger charge is 2.44. The van der Waals surface area contributed by atoms with Crippen LogP contribution in [-0.4, -0.2) is 53.4 Å². The average molecular weight is 328 g/mol. The summed E-state index contributed by atoms with van der Waals surface area (Å²) < 4.78 is 6.27. The Morgan fingerprint density at radius 2 is 1.75 bits per heavy atom. The first-order valence-corrected chi connectivity index (χ1v) is 8.93. The predicted molar refractivity (Wildman–Crippen MR) is 90.5 cm³/mol. The van der Waals surface area contributed by atoms with E-state index in [2.05, 4.69) is 0 Å². The topological polar surface area (TPSA) is 49.9 Å². The lowest BCUT2D eigenvalue weighted by molar-refractivity contribution is -0.00323. The van der Waals surface area contributed by atoms with Gasteiger partial charge in [0, 0.05) is 39.0 Å². The van der Waals surface area contributed by atoms with E-state index in [1.165, 1.54) is 0 Å². The molecule has 0 saturated carbocycles. The Balaban J connectivity index is 1.46. The van der Waals surface area contributed by atoms with Gasteiger partial charge in [0.05, 0.1) is 12.0 Å². The summed E-state index contributed by atoms with van der Waals surface area (Å²) >= 11 is 0. The number of rotatable bonds is 0. The Labute approximate surface area is 142 Å². The number of benzene rings is 1. The van der Waals surface area contributed by atoms with E-state index in [4.69, 9.17) is 4.74 Å². The molecule has 5 heteroatoms. The molecule has 2 fully saturated rings. The van der Waals surface area contributed by atoms with Crippen LogP contribution in [0.25, 0.3) is 0 Å². The number of piperidine rings is 1. The van der Waals surface area contributed by atoms with Crippen molar-refractivity contribution in [2.24, 2.45) is 0 Å². The number of hydrogen-bond acceptors (Lipinski definition) is 3. The third kappa shape index (κ3) is 2.66. The van der Waals surface area contributed by atoms with Crippen molar-refractivity contribution >= 4 is 11.8 Å². The molecule has 24 heavy (non-hydrogen) atoms. The van der Waals surface area contributed by atoms with Gasteiger partial charge in [0.25, 0.3) is 0 Å². The third-order valence-electron chi connectivity index (χ3n) is 5.57. The maximum Gasteiger partial charge on any atom is 0.320 e. The second kappa shape index (κ2) is 5.80. The Morgan fingerprint density at radius 3 is 2.46 bits per heavy atom. The highest BCUT2D eigenvalue weighted by Crippen LogP contribution is 2.39. The number of ketones is 1. The lowest BCUT2D eigenvalue weighted by Gasteiger charge is -2.44. The number of carbonyl (C=O) groups is 2. The lowest BCUT2D eigenvalue weighted by atomic mass is 9.82. The van der Waals surface area contributed by atoms with Crippen LogP contribution < -0.4 is 4.74 Å². The van der Waals surface area contributed by atoms with Gasteiger partial charge >= 0.3 is 6.03 Å². The highest BCUT2D eigenvalue weighted by atomic mass is 16.5. The molecule has 1 aromatic carbocycles. The molecule has 3 aliphatic rings. The second-order valence-corrected chi connectivity index (χ2v) is 7.35. The minimum absolute atomic E-state index is 0.153. The molecule has 2 saturated heterocycles. The fourth-order valence-corrected chi connectivity index (χ4v) is 4.10. The van der Waals surface area contributed by atoms with Crippen LogP contribution in [0.15, 0.2) is 18.2 Å². The van der Waals surface area contributed by atoms with Crippen LogP contribution in [0.1, 0.15) is 48.0 Å². The number of Topliss-reactive ketones (excluding diaryl/α,β-unsaturated/α-hetero) is 1. The molecule has 2 amide bonds. The predicted octanol–water partition coefficient (Wildman–Crippen LogP) is 3.01. The summed E-state index contributed by atoms with van der Waals surface area (Å²) in [6.45, 7) is 5.08. The molecule has 128 valence electrons. The van der Waals surface area contributed by atoms with Gasteiger partial charge in [0.15, 0.2) is 5.78 Å². The zero-order valence-corrected chi connectivity index (χ0v) is 14.2. The summed E-state index contributed by atoms with van der Waals surface area (Å²) in [5, 5.41) is 0. The van der Waals surface area contributed by atoms with E-state index in [1.807, 2.05) is 34.9 Å². The normalized spacial score (nSPS) is 22.5. The standard InChI is InChI=1S/C19H24N2O3/c1-14-4-5-17-15(12-14)16(22)13-19(24-17)6-10-21(11-7-19)18(23)20-8-2-3-9-20/h4-5,12H,2-3,6-11,13H2,1H3. The van der Waals surface area contributed by atoms with Crippen LogP contribution in [0.3, 0.4) is 0 Å². The van der Waals surface area contributed by atoms with E-state index in [1.54, 1.807) is 0 Å². The minimum atomic E-state index is -0.429. The molecule has 1 spiro atoms. The molecule has 3 aliphatic heterocycles. The molecule has 1 aromatic rings. The summed E-state index contributed by atoms with van der Waals surface area (Å²) in [4.78, 5) is 29.0. The largest absolute Gasteiger partial charge is 0.486 e. The zero-order valence-electron chi connectivity index (χ0n) is 14.2. The molecule has 0 N–H and O–H groups in total. The van der Waals surface area contributed by atoms with Crippen molar-refractivity contribution in [1.82, 2.24) is 9.80 Å². The first-order chi connectivity index (χ1) is 11.6. The molecule has 0 aliphatic carbocycles. The number of ether oxygens (including phenoxy) is 1. The molecule has 0 aromatic heterocycles. The van der Waals surface area contributed by atoms with Crippen molar-refractivity contribution in [2.75, 3.05) is 26.2 Å². The third-order valence-corrected chi connectivity index (χ3v) is 5.57. The average Bonchev–Trinajstić information content (AvgIpc) is 3.10. The maximum absolute atomic E-state index is 12.6. The zero-order chi connectivity index (χ0) is 16.7. The van der Waals surface area contributed by atoms with Gasteiger partial charge in [-0.1, -0.05) is 11.6 Å². The number of hydrogen-bond donors (Lipinski definition) is 0. The minimum Gasteiger partial charge on any atom is -0.486 e. The number of nitrogens with zero attached hydrogens (tertiary/aromatic N) is 2. The summed E-state index contributed by atoms with van der Waals surface area (Å²) in [5.74, 6) is 0.871. The van der Waals surface area contributed by atoms with Gasteiger partial charge in [-0.3, -0.25) is 4.79 Å². The SMILES string of the molecule is Cc1ccc2c(c1)C(=O)CC1(CCN(C(=O)N3CCCC3)CC1)O2. The van der Waals surface area contributed by atoms with Gasteiger partial charge in [-0.05, 0) is 31.9 Å². The van der Waals surface area contributed by atoms with E-state index in [9.17, 15) is 9.59 Å². The maximum atomic E-state index is 12.6. The van der Waals surface area contributed by atoms with Crippen LogP contribution in [0.2, 0.25) is 0 Å². The molecule has 4 rings (SSSR count). The molecule has 0 unspecified atom stereocenters. The quantitative estimate of drug-likeness (QED) is 0.735. The van der Waals surface area contributed by atoms with Crippen molar-refractivity contribution in [3.8, 4) is 5.75 Å². The fourth-order valence-electron chi connectivity index (χ4n) is 4.10. The smallest absolute Gasteiger partial charge is 0.320 e. The summed E-state index contributed by atoms with van der Waals surface area (Å²) in [6, 6.07) is 5.96. The molecule has 5 nitrogen and oxygen atoms in total. The van der Waals surface area contributed by atoms with Gasteiger partial charge in [0.1, 0.15) is 11.4 Å². The Kier molecular flexibility index (Phi) is 3.74. The first-order valence-electron chi connectivity index (χ1n) is 8.93. The van der Waals surface area contributed by atoms with Crippen LogP contribution in [-0.2, 0) is 0 Å². The van der Waals surface area contributed by atoms with Crippen molar-refractivity contribution in [1.29, 1.82) is 0 Å². The van der Waals surface area contributed by atoms with Gasteiger partial charge in [-0.25, -0.2) is 4.79 Å². The summed E-state index contributed by atoms with van der Waals surface area (Å²) in [6.07, 6.45) is 4.10. The van der Waals surface area contributed by atoms with Crippen LogP contribution >= 0.6 is 0 Å². The van der Waals surface area contributed by atoms with Gasteiger partial charge in [-0.15, -0.1) is 0 Å². The van der Waals surface area contributed by atoms with E-state index >= 15 is 0 Å². The second-order valence-electron chi connectivity index (χ2n) is 7.35. The van der Waals surface area contributed by atoms with E-state index in [0.717, 1.165) is 44.3 Å². The monoisotopic (exact) mass is 328 g/mol. The van der Waals surface area contributed by atoms with Gasteiger partial charge < -0.3 is 14.5 Å². The van der Waals surface area contributed by atoms with Crippen LogP contribution in [0, 0.1) is 6.92 Å². The number of urea groups is 1. The number of carbonyl (C=O) groups excluding carboxylic acids is 2.